The topological polar surface area (TPSA) is 55.6 Å². The summed E-state index contributed by atoms with van der Waals surface area (Å²) in [5.41, 5.74) is 0.400. The van der Waals surface area contributed by atoms with Gasteiger partial charge in [-0.2, -0.15) is 18.3 Å². The molecule has 0 aromatic carbocycles. The molecule has 2 rings (SSSR count). The predicted octanol–water partition coefficient (Wildman–Crippen LogP) is 2.64. The van der Waals surface area contributed by atoms with E-state index < -0.39 is 11.9 Å². The highest BCUT2D eigenvalue weighted by molar-refractivity contribution is 5.62. The Kier molecular flexibility index (Phi) is 3.65. The summed E-state index contributed by atoms with van der Waals surface area (Å²) in [5.74, 6) is -0.0411. The van der Waals surface area contributed by atoms with Gasteiger partial charge in [0.25, 0.3) is 0 Å². The van der Waals surface area contributed by atoms with Crippen LogP contribution in [0.3, 0.4) is 0 Å². The second-order valence-corrected chi connectivity index (χ2v) is 4.29. The third-order valence-electron chi connectivity index (χ3n) is 2.64. The minimum absolute atomic E-state index is 0.0411. The Labute approximate surface area is 113 Å². The van der Waals surface area contributed by atoms with Gasteiger partial charge in [0.1, 0.15) is 0 Å². The Morgan fingerprint density at radius 1 is 1.30 bits per heavy atom. The molecule has 108 valence electrons. The van der Waals surface area contributed by atoms with Crippen molar-refractivity contribution >= 4 is 5.95 Å². The molecule has 0 radical (unpaired) electrons. The van der Waals surface area contributed by atoms with Crippen LogP contribution in [0.15, 0.2) is 12.3 Å². The molecule has 2 heterocycles. The lowest BCUT2D eigenvalue weighted by molar-refractivity contribution is -0.141. The van der Waals surface area contributed by atoms with Gasteiger partial charge in [-0.05, 0) is 19.9 Å². The molecule has 1 N–H and O–H groups in total. The molecule has 0 saturated heterocycles. The minimum atomic E-state index is -4.52. The van der Waals surface area contributed by atoms with Crippen LogP contribution >= 0.6 is 0 Å². The van der Waals surface area contributed by atoms with E-state index in [9.17, 15) is 13.2 Å². The third-order valence-corrected chi connectivity index (χ3v) is 2.64. The number of hydrogen-bond acceptors (Lipinski definition) is 4. The van der Waals surface area contributed by atoms with Crippen LogP contribution in [0.1, 0.15) is 18.3 Å². The first-order chi connectivity index (χ1) is 9.31. The summed E-state index contributed by atoms with van der Waals surface area (Å²) in [6.45, 7) is 3.92. The van der Waals surface area contributed by atoms with Gasteiger partial charge in [0, 0.05) is 25.4 Å². The molecule has 8 heteroatoms. The predicted molar refractivity (Wildman–Crippen MR) is 68.1 cm³/mol. The lowest BCUT2D eigenvalue weighted by atomic mass is 10.1. The largest absolute Gasteiger partial charge is 0.433 e. The van der Waals surface area contributed by atoms with Gasteiger partial charge in [-0.3, -0.25) is 4.68 Å². The molecule has 2 aromatic rings. The molecule has 5 nitrogen and oxygen atoms in total. The number of nitrogens with one attached hydrogen (secondary N) is 1. The monoisotopic (exact) mass is 285 g/mol. The van der Waals surface area contributed by atoms with Crippen LogP contribution in [0.25, 0.3) is 11.3 Å². The molecule has 0 saturated carbocycles. The van der Waals surface area contributed by atoms with Crippen molar-refractivity contribution in [2.24, 2.45) is 7.05 Å². The average molecular weight is 285 g/mol. The summed E-state index contributed by atoms with van der Waals surface area (Å²) >= 11 is 0. The number of anilines is 1. The van der Waals surface area contributed by atoms with E-state index in [1.807, 2.05) is 0 Å². The normalized spacial score (nSPS) is 11.7. The Balaban J connectivity index is 2.57. The standard InChI is InChI=1S/C12H14F3N5/c1-4-16-11-17-9(5-10(18-11)12(13,14)15)8-6-20(3)19-7(8)2/h5-6H,4H2,1-3H3,(H,16,17,18). The summed E-state index contributed by atoms with van der Waals surface area (Å²) in [5, 5.41) is 6.82. The Morgan fingerprint density at radius 3 is 2.50 bits per heavy atom. The number of halogens is 3. The van der Waals surface area contributed by atoms with Crippen molar-refractivity contribution in [3.63, 3.8) is 0 Å². The van der Waals surface area contributed by atoms with Gasteiger partial charge in [0.15, 0.2) is 5.69 Å². The zero-order valence-electron chi connectivity index (χ0n) is 11.3. The highest BCUT2D eigenvalue weighted by Gasteiger charge is 2.34. The quantitative estimate of drug-likeness (QED) is 0.942. The van der Waals surface area contributed by atoms with Gasteiger partial charge in [-0.1, -0.05) is 0 Å². The van der Waals surface area contributed by atoms with E-state index in [0.717, 1.165) is 6.07 Å². The van der Waals surface area contributed by atoms with Crippen LogP contribution in [0.4, 0.5) is 19.1 Å². The highest BCUT2D eigenvalue weighted by atomic mass is 19.4. The summed E-state index contributed by atoms with van der Waals surface area (Å²) in [6.07, 6.45) is -2.88. The molecule has 0 aliphatic rings. The van der Waals surface area contributed by atoms with Crippen LogP contribution in [-0.4, -0.2) is 26.3 Å². The molecule has 0 aliphatic heterocycles. The first kappa shape index (κ1) is 14.3. The number of nitrogens with zero attached hydrogens (tertiary/aromatic N) is 4. The summed E-state index contributed by atoms with van der Waals surface area (Å²) in [4.78, 5) is 7.59. The molecule has 0 atom stereocenters. The van der Waals surface area contributed by atoms with Crippen molar-refractivity contribution in [3.8, 4) is 11.3 Å². The van der Waals surface area contributed by atoms with Gasteiger partial charge in [-0.25, -0.2) is 9.97 Å². The molecule has 0 amide bonds. The molecule has 0 bridgehead atoms. The van der Waals surface area contributed by atoms with E-state index in [2.05, 4.69) is 20.4 Å². The van der Waals surface area contributed by atoms with Crippen molar-refractivity contribution in [1.82, 2.24) is 19.7 Å². The highest BCUT2D eigenvalue weighted by Crippen LogP contribution is 2.31. The lowest BCUT2D eigenvalue weighted by Crippen LogP contribution is -2.12. The van der Waals surface area contributed by atoms with E-state index in [1.165, 1.54) is 4.68 Å². The molecular weight excluding hydrogens is 271 g/mol. The van der Waals surface area contributed by atoms with Crippen molar-refractivity contribution in [2.75, 3.05) is 11.9 Å². The Morgan fingerprint density at radius 2 is 2.00 bits per heavy atom. The second-order valence-electron chi connectivity index (χ2n) is 4.29. The van der Waals surface area contributed by atoms with E-state index in [-0.39, 0.29) is 11.6 Å². The van der Waals surface area contributed by atoms with Gasteiger partial charge >= 0.3 is 6.18 Å². The zero-order chi connectivity index (χ0) is 14.9. The van der Waals surface area contributed by atoms with Crippen LogP contribution in [0, 0.1) is 6.92 Å². The lowest BCUT2D eigenvalue weighted by Gasteiger charge is -2.10. The van der Waals surface area contributed by atoms with Crippen LogP contribution in [0.2, 0.25) is 0 Å². The fourth-order valence-electron chi connectivity index (χ4n) is 1.82. The van der Waals surface area contributed by atoms with Gasteiger partial charge < -0.3 is 5.32 Å². The Hall–Kier alpha value is -2.12. The van der Waals surface area contributed by atoms with Crippen LogP contribution in [-0.2, 0) is 13.2 Å². The SMILES string of the molecule is CCNc1nc(-c2cn(C)nc2C)cc(C(F)(F)F)n1. The fraction of sp³-hybridized carbons (Fsp3) is 0.417. The maximum Gasteiger partial charge on any atom is 0.433 e. The number of rotatable bonds is 3. The van der Waals surface area contributed by atoms with Gasteiger partial charge in [0.05, 0.1) is 11.4 Å². The van der Waals surface area contributed by atoms with Crippen molar-refractivity contribution < 1.29 is 13.2 Å². The summed E-state index contributed by atoms with van der Waals surface area (Å²) in [7, 11) is 1.70. The molecular formula is C12H14F3N5. The number of hydrogen-bond donors (Lipinski definition) is 1. The number of aromatic nitrogens is 4. The maximum absolute atomic E-state index is 12.9. The summed E-state index contributed by atoms with van der Waals surface area (Å²) in [6, 6.07) is 0.935. The molecule has 0 aliphatic carbocycles. The third kappa shape index (κ3) is 2.89. The van der Waals surface area contributed by atoms with Gasteiger partial charge in [-0.15, -0.1) is 0 Å². The van der Waals surface area contributed by atoms with E-state index in [0.29, 0.717) is 17.8 Å². The van der Waals surface area contributed by atoms with Crippen LogP contribution in [0.5, 0.6) is 0 Å². The van der Waals surface area contributed by atoms with Gasteiger partial charge in [0.2, 0.25) is 5.95 Å². The first-order valence-corrected chi connectivity index (χ1v) is 6.02. The van der Waals surface area contributed by atoms with Crippen molar-refractivity contribution in [2.45, 2.75) is 20.0 Å². The first-order valence-electron chi connectivity index (χ1n) is 6.02. The van der Waals surface area contributed by atoms with Crippen LogP contribution < -0.4 is 5.32 Å². The average Bonchev–Trinajstić information content (AvgIpc) is 2.67. The smallest absolute Gasteiger partial charge is 0.354 e. The molecule has 0 fully saturated rings. The van der Waals surface area contributed by atoms with Crippen molar-refractivity contribution in [1.29, 1.82) is 0 Å². The minimum Gasteiger partial charge on any atom is -0.354 e. The maximum atomic E-state index is 12.9. The molecule has 0 unspecified atom stereocenters. The number of alkyl halides is 3. The summed E-state index contributed by atoms with van der Waals surface area (Å²) < 4.78 is 40.1. The van der Waals surface area contributed by atoms with E-state index in [1.54, 1.807) is 27.1 Å². The zero-order valence-corrected chi connectivity index (χ0v) is 11.3. The second kappa shape index (κ2) is 5.10. The number of aryl methyl sites for hydroxylation is 2. The molecule has 20 heavy (non-hydrogen) atoms. The van der Waals surface area contributed by atoms with E-state index >= 15 is 0 Å². The molecule has 2 aromatic heterocycles. The van der Waals surface area contributed by atoms with E-state index in [4.69, 9.17) is 0 Å². The van der Waals surface area contributed by atoms with Crippen molar-refractivity contribution in [3.05, 3.63) is 23.7 Å². The fourth-order valence-corrected chi connectivity index (χ4v) is 1.82. The molecule has 0 spiro atoms. The Bertz CT molecular complexity index is 618.